The van der Waals surface area contributed by atoms with E-state index in [9.17, 15) is 8.42 Å². The van der Waals surface area contributed by atoms with Gasteiger partial charge < -0.3 is 4.57 Å². The summed E-state index contributed by atoms with van der Waals surface area (Å²) < 4.78 is 27.9. The smallest absolute Gasteiger partial charge is 0.250 e. The van der Waals surface area contributed by atoms with Crippen LogP contribution in [0.5, 0.6) is 0 Å². The maximum Gasteiger partial charge on any atom is 0.250 e. The number of nitrogens with zero attached hydrogens (tertiary/aromatic N) is 3. The van der Waals surface area contributed by atoms with Crippen LogP contribution in [0.1, 0.15) is 5.82 Å². The van der Waals surface area contributed by atoms with E-state index in [0.717, 1.165) is 0 Å². The van der Waals surface area contributed by atoms with Gasteiger partial charge in [0.2, 0.25) is 10.0 Å². The molecule has 2 rings (SSSR count). The molecule has 1 N–H and O–H groups in total. The molecule has 0 atom stereocenters. The highest BCUT2D eigenvalue weighted by Gasteiger charge is 2.15. The number of rotatable bonds is 4. The first-order valence-electron chi connectivity index (χ1n) is 4.45. The number of hydrogen-bond acceptors (Lipinski definition) is 5. The summed E-state index contributed by atoms with van der Waals surface area (Å²) in [6.45, 7) is 0.136. The predicted octanol–water partition coefficient (Wildman–Crippen LogP) is 0.355. The van der Waals surface area contributed by atoms with Gasteiger partial charge in [-0.05, 0) is 11.4 Å². The Morgan fingerprint density at radius 3 is 2.94 bits per heavy atom. The molecule has 86 valence electrons. The first-order valence-corrected chi connectivity index (χ1v) is 6.82. The van der Waals surface area contributed by atoms with Crippen LogP contribution in [0.15, 0.2) is 28.0 Å². The maximum absolute atomic E-state index is 11.7. The molecule has 0 bridgehead atoms. The molecule has 0 unspecified atom stereocenters. The van der Waals surface area contributed by atoms with Gasteiger partial charge in [-0.3, -0.25) is 0 Å². The van der Waals surface area contributed by atoms with Crippen LogP contribution < -0.4 is 4.72 Å². The van der Waals surface area contributed by atoms with Gasteiger partial charge >= 0.3 is 0 Å². The van der Waals surface area contributed by atoms with Crippen LogP contribution in [-0.4, -0.2) is 23.2 Å². The Morgan fingerprint density at radius 2 is 2.38 bits per heavy atom. The number of aromatic nitrogens is 3. The quantitative estimate of drug-likeness (QED) is 0.858. The monoisotopic (exact) mass is 258 g/mol. The first kappa shape index (κ1) is 11.2. The number of thiophene rings is 1. The zero-order valence-corrected chi connectivity index (χ0v) is 10.1. The van der Waals surface area contributed by atoms with E-state index in [-0.39, 0.29) is 6.54 Å². The second-order valence-corrected chi connectivity index (χ2v) is 6.06. The molecule has 0 aliphatic carbocycles. The fourth-order valence-electron chi connectivity index (χ4n) is 1.11. The molecule has 8 heteroatoms. The van der Waals surface area contributed by atoms with Crippen molar-refractivity contribution in [1.29, 1.82) is 0 Å². The van der Waals surface area contributed by atoms with Crippen LogP contribution in [0.4, 0.5) is 0 Å². The molecular weight excluding hydrogens is 248 g/mol. The van der Waals surface area contributed by atoms with E-state index < -0.39 is 10.0 Å². The molecule has 16 heavy (non-hydrogen) atoms. The Bertz CT molecular complexity index is 559. The molecule has 0 aliphatic rings. The highest BCUT2D eigenvalue weighted by Crippen LogP contribution is 2.15. The van der Waals surface area contributed by atoms with E-state index >= 15 is 0 Å². The predicted molar refractivity (Wildman–Crippen MR) is 59.3 cm³/mol. The average Bonchev–Trinajstić information content (AvgIpc) is 2.85. The molecule has 2 aromatic rings. The number of nitrogens with one attached hydrogen (secondary N) is 1. The molecule has 0 radical (unpaired) electrons. The van der Waals surface area contributed by atoms with E-state index in [1.807, 2.05) is 0 Å². The summed E-state index contributed by atoms with van der Waals surface area (Å²) in [6.07, 6.45) is 1.52. The zero-order valence-electron chi connectivity index (χ0n) is 8.49. The van der Waals surface area contributed by atoms with Crippen molar-refractivity contribution < 1.29 is 8.42 Å². The van der Waals surface area contributed by atoms with Gasteiger partial charge in [0.05, 0.1) is 6.54 Å². The lowest BCUT2D eigenvalue weighted by molar-refractivity contribution is 0.579. The van der Waals surface area contributed by atoms with Crippen LogP contribution in [0.2, 0.25) is 0 Å². The SMILES string of the molecule is Cn1cnnc1CNS(=O)(=O)c1cccs1. The summed E-state index contributed by atoms with van der Waals surface area (Å²) in [4.78, 5) is 0. The summed E-state index contributed by atoms with van der Waals surface area (Å²) in [5.41, 5.74) is 0. The van der Waals surface area contributed by atoms with Crippen molar-refractivity contribution in [3.05, 3.63) is 29.7 Å². The van der Waals surface area contributed by atoms with E-state index in [1.165, 1.54) is 17.7 Å². The van der Waals surface area contributed by atoms with E-state index in [4.69, 9.17) is 0 Å². The summed E-state index contributed by atoms with van der Waals surface area (Å²) in [6, 6.07) is 3.26. The molecule has 2 heterocycles. The van der Waals surface area contributed by atoms with Crippen LogP contribution in [0.25, 0.3) is 0 Å². The average molecular weight is 258 g/mol. The number of aryl methyl sites for hydroxylation is 1. The molecule has 6 nitrogen and oxygen atoms in total. The minimum atomic E-state index is -3.42. The lowest BCUT2D eigenvalue weighted by Crippen LogP contribution is -2.23. The lowest BCUT2D eigenvalue weighted by atomic mass is 10.6. The van der Waals surface area contributed by atoms with Crippen molar-refractivity contribution in [2.24, 2.45) is 7.05 Å². The molecule has 0 aromatic carbocycles. The summed E-state index contributed by atoms with van der Waals surface area (Å²) in [5, 5.41) is 9.17. The Hall–Kier alpha value is -1.25. The van der Waals surface area contributed by atoms with Crippen LogP contribution in [-0.2, 0) is 23.6 Å². The van der Waals surface area contributed by atoms with Gasteiger partial charge in [0.25, 0.3) is 0 Å². The molecule has 0 amide bonds. The van der Waals surface area contributed by atoms with Crippen LogP contribution >= 0.6 is 11.3 Å². The van der Waals surface area contributed by atoms with Crippen molar-refractivity contribution in [3.8, 4) is 0 Å². The zero-order chi connectivity index (χ0) is 11.6. The van der Waals surface area contributed by atoms with Gasteiger partial charge in [0.1, 0.15) is 16.4 Å². The normalized spacial score (nSPS) is 11.8. The fraction of sp³-hybridized carbons (Fsp3) is 0.250. The molecule has 0 spiro atoms. The van der Waals surface area contributed by atoms with Crippen molar-refractivity contribution in [2.75, 3.05) is 0 Å². The van der Waals surface area contributed by atoms with Gasteiger partial charge in [-0.2, -0.15) is 0 Å². The Morgan fingerprint density at radius 1 is 1.56 bits per heavy atom. The van der Waals surface area contributed by atoms with Gasteiger partial charge in [-0.15, -0.1) is 21.5 Å². The first-order chi connectivity index (χ1) is 7.59. The van der Waals surface area contributed by atoms with Gasteiger partial charge in [-0.1, -0.05) is 6.07 Å². The highest BCUT2D eigenvalue weighted by molar-refractivity contribution is 7.91. The molecule has 0 saturated heterocycles. The minimum absolute atomic E-state index is 0.136. The van der Waals surface area contributed by atoms with E-state index in [1.54, 1.807) is 29.1 Å². The molecule has 0 fully saturated rings. The van der Waals surface area contributed by atoms with Crippen LogP contribution in [0, 0.1) is 0 Å². The van der Waals surface area contributed by atoms with Crippen molar-refractivity contribution in [2.45, 2.75) is 10.8 Å². The highest BCUT2D eigenvalue weighted by atomic mass is 32.2. The van der Waals surface area contributed by atoms with Crippen LogP contribution in [0.3, 0.4) is 0 Å². The number of sulfonamides is 1. The topological polar surface area (TPSA) is 76.9 Å². The van der Waals surface area contributed by atoms with Crippen molar-refractivity contribution in [3.63, 3.8) is 0 Å². The number of hydrogen-bond donors (Lipinski definition) is 1. The van der Waals surface area contributed by atoms with Gasteiger partial charge in [0.15, 0.2) is 0 Å². The molecule has 0 saturated carbocycles. The van der Waals surface area contributed by atoms with E-state index in [2.05, 4.69) is 14.9 Å². The maximum atomic E-state index is 11.7. The summed E-state index contributed by atoms with van der Waals surface area (Å²) in [5.74, 6) is 0.570. The summed E-state index contributed by atoms with van der Waals surface area (Å²) in [7, 11) is -1.66. The Labute approximate surface area is 97.0 Å². The Balaban J connectivity index is 2.09. The third kappa shape index (κ3) is 2.29. The largest absolute Gasteiger partial charge is 0.320 e. The fourth-order valence-corrected chi connectivity index (χ4v) is 3.13. The minimum Gasteiger partial charge on any atom is -0.320 e. The van der Waals surface area contributed by atoms with E-state index in [0.29, 0.717) is 10.0 Å². The Kier molecular flexibility index (Phi) is 3.03. The van der Waals surface area contributed by atoms with Gasteiger partial charge in [-0.25, -0.2) is 13.1 Å². The van der Waals surface area contributed by atoms with Crippen molar-refractivity contribution >= 4 is 21.4 Å². The van der Waals surface area contributed by atoms with Crippen molar-refractivity contribution in [1.82, 2.24) is 19.5 Å². The third-order valence-corrected chi connectivity index (χ3v) is 4.78. The molecular formula is C8H10N4O2S2. The third-order valence-electron chi connectivity index (χ3n) is 1.99. The second-order valence-electron chi connectivity index (χ2n) is 3.11. The lowest BCUT2D eigenvalue weighted by Gasteiger charge is -2.03. The molecule has 0 aliphatic heterocycles. The second kappa shape index (κ2) is 4.32. The molecule has 2 aromatic heterocycles. The summed E-state index contributed by atoms with van der Waals surface area (Å²) >= 11 is 1.18. The standard InChI is InChI=1S/C8H10N4O2S2/c1-12-6-9-11-7(12)5-10-16(13,14)8-3-2-4-15-8/h2-4,6,10H,5H2,1H3. The van der Waals surface area contributed by atoms with Gasteiger partial charge in [0, 0.05) is 7.05 Å².